The van der Waals surface area contributed by atoms with E-state index in [1.807, 2.05) is 11.8 Å². The van der Waals surface area contributed by atoms with Gasteiger partial charge in [-0.05, 0) is 13.0 Å². The van der Waals surface area contributed by atoms with Gasteiger partial charge < -0.3 is 4.90 Å². The van der Waals surface area contributed by atoms with Crippen LogP contribution in [0.3, 0.4) is 0 Å². The SMILES string of the molecule is CCN1CC[C@@H](n2cc([N+](=O)[O-])cn2)[C@H](F)C1. The van der Waals surface area contributed by atoms with Crippen molar-refractivity contribution in [2.75, 3.05) is 19.6 Å². The summed E-state index contributed by atoms with van der Waals surface area (Å²) in [5.74, 6) is 0. The molecule has 6 nitrogen and oxygen atoms in total. The molecule has 1 aliphatic heterocycles. The molecule has 0 aromatic carbocycles. The van der Waals surface area contributed by atoms with Crippen molar-refractivity contribution in [1.29, 1.82) is 0 Å². The minimum Gasteiger partial charge on any atom is -0.301 e. The number of hydrogen-bond acceptors (Lipinski definition) is 4. The molecule has 0 bridgehead atoms. The summed E-state index contributed by atoms with van der Waals surface area (Å²) in [5.41, 5.74) is -0.0879. The Hall–Kier alpha value is -1.50. The average molecular weight is 242 g/mol. The highest BCUT2D eigenvalue weighted by atomic mass is 19.1. The summed E-state index contributed by atoms with van der Waals surface area (Å²) in [4.78, 5) is 12.0. The molecule has 1 aromatic heterocycles. The van der Waals surface area contributed by atoms with E-state index in [9.17, 15) is 14.5 Å². The predicted molar refractivity (Wildman–Crippen MR) is 59.5 cm³/mol. The molecule has 1 fully saturated rings. The van der Waals surface area contributed by atoms with E-state index in [-0.39, 0.29) is 11.7 Å². The van der Waals surface area contributed by atoms with E-state index in [1.54, 1.807) is 0 Å². The van der Waals surface area contributed by atoms with E-state index in [1.165, 1.54) is 17.1 Å². The zero-order chi connectivity index (χ0) is 12.4. The Kier molecular flexibility index (Phi) is 3.37. The zero-order valence-electron chi connectivity index (χ0n) is 9.62. The van der Waals surface area contributed by atoms with Crippen molar-refractivity contribution in [3.63, 3.8) is 0 Å². The van der Waals surface area contributed by atoms with Crippen molar-refractivity contribution in [2.24, 2.45) is 0 Å². The lowest BCUT2D eigenvalue weighted by molar-refractivity contribution is -0.385. The van der Waals surface area contributed by atoms with Crippen LogP contribution in [0.5, 0.6) is 0 Å². The van der Waals surface area contributed by atoms with Gasteiger partial charge in [-0.15, -0.1) is 0 Å². The monoisotopic (exact) mass is 242 g/mol. The lowest BCUT2D eigenvalue weighted by Gasteiger charge is -2.33. The second-order valence-corrected chi connectivity index (χ2v) is 4.20. The Morgan fingerprint density at radius 2 is 2.47 bits per heavy atom. The fourth-order valence-corrected chi connectivity index (χ4v) is 2.14. The smallest absolute Gasteiger partial charge is 0.301 e. The molecular weight excluding hydrogens is 227 g/mol. The summed E-state index contributed by atoms with van der Waals surface area (Å²) in [6, 6.07) is -0.383. The minimum atomic E-state index is -1.02. The van der Waals surface area contributed by atoms with E-state index >= 15 is 0 Å². The van der Waals surface area contributed by atoms with Gasteiger partial charge in [0.1, 0.15) is 18.6 Å². The van der Waals surface area contributed by atoms with Crippen LogP contribution in [0.4, 0.5) is 10.1 Å². The Morgan fingerprint density at radius 1 is 1.71 bits per heavy atom. The highest BCUT2D eigenvalue weighted by Gasteiger charge is 2.31. The van der Waals surface area contributed by atoms with E-state index in [0.717, 1.165) is 13.1 Å². The van der Waals surface area contributed by atoms with Gasteiger partial charge in [0.2, 0.25) is 0 Å². The standard InChI is InChI=1S/C10H15FN4O2/c1-2-13-4-3-10(9(11)7-13)14-6-8(5-12-14)15(16)17/h5-6,9-10H,2-4,7H2,1H3/t9-,10-/m1/s1. The van der Waals surface area contributed by atoms with Crippen molar-refractivity contribution in [1.82, 2.24) is 14.7 Å². The molecule has 1 aromatic rings. The van der Waals surface area contributed by atoms with Gasteiger partial charge in [-0.3, -0.25) is 14.8 Å². The molecule has 94 valence electrons. The molecule has 0 aliphatic carbocycles. The van der Waals surface area contributed by atoms with Gasteiger partial charge in [0.05, 0.1) is 11.0 Å². The van der Waals surface area contributed by atoms with Gasteiger partial charge in [0.15, 0.2) is 0 Å². The molecule has 0 spiro atoms. The number of halogens is 1. The normalized spacial score (nSPS) is 26.0. The van der Waals surface area contributed by atoms with Crippen molar-refractivity contribution in [2.45, 2.75) is 25.6 Å². The molecule has 0 radical (unpaired) electrons. The Balaban J connectivity index is 2.09. The molecule has 0 unspecified atom stereocenters. The van der Waals surface area contributed by atoms with Crippen LogP contribution >= 0.6 is 0 Å². The first-order valence-electron chi connectivity index (χ1n) is 5.66. The van der Waals surface area contributed by atoms with E-state index in [4.69, 9.17) is 0 Å². The number of hydrogen-bond donors (Lipinski definition) is 0. The molecule has 17 heavy (non-hydrogen) atoms. The number of alkyl halides is 1. The zero-order valence-corrected chi connectivity index (χ0v) is 9.62. The molecule has 7 heteroatoms. The molecule has 0 saturated carbocycles. The van der Waals surface area contributed by atoms with E-state index < -0.39 is 11.1 Å². The highest BCUT2D eigenvalue weighted by molar-refractivity contribution is 5.21. The molecule has 1 saturated heterocycles. The first-order chi connectivity index (χ1) is 8.11. The highest BCUT2D eigenvalue weighted by Crippen LogP contribution is 2.26. The number of aromatic nitrogens is 2. The van der Waals surface area contributed by atoms with Gasteiger partial charge in [-0.2, -0.15) is 5.10 Å². The Bertz CT molecular complexity index is 409. The Labute approximate surface area is 98.2 Å². The maximum absolute atomic E-state index is 13.9. The maximum Gasteiger partial charge on any atom is 0.307 e. The van der Waals surface area contributed by atoms with Crippen LogP contribution in [0, 0.1) is 10.1 Å². The van der Waals surface area contributed by atoms with Crippen molar-refractivity contribution in [3.05, 3.63) is 22.5 Å². The fourth-order valence-electron chi connectivity index (χ4n) is 2.14. The van der Waals surface area contributed by atoms with Crippen LogP contribution in [-0.2, 0) is 0 Å². The van der Waals surface area contributed by atoms with Gasteiger partial charge >= 0.3 is 5.69 Å². The first-order valence-corrected chi connectivity index (χ1v) is 5.66. The topological polar surface area (TPSA) is 64.2 Å². The number of piperidine rings is 1. The summed E-state index contributed by atoms with van der Waals surface area (Å²) in [6.45, 7) is 3.99. The fraction of sp³-hybridized carbons (Fsp3) is 0.700. The molecule has 1 aliphatic rings. The van der Waals surface area contributed by atoms with Gasteiger partial charge in [-0.1, -0.05) is 6.92 Å². The van der Waals surface area contributed by atoms with Crippen molar-refractivity contribution in [3.8, 4) is 0 Å². The Morgan fingerprint density at radius 3 is 3.00 bits per heavy atom. The van der Waals surface area contributed by atoms with Crippen molar-refractivity contribution < 1.29 is 9.31 Å². The van der Waals surface area contributed by atoms with Crippen LogP contribution in [0.15, 0.2) is 12.4 Å². The minimum absolute atomic E-state index is 0.0879. The summed E-state index contributed by atoms with van der Waals surface area (Å²) < 4.78 is 15.3. The van der Waals surface area contributed by atoms with Crippen LogP contribution in [-0.4, -0.2) is 45.4 Å². The number of nitro groups is 1. The summed E-state index contributed by atoms with van der Waals surface area (Å²) in [6.07, 6.45) is 2.08. The van der Waals surface area contributed by atoms with Gasteiger partial charge in [-0.25, -0.2) is 4.39 Å². The molecule has 0 amide bonds. The third kappa shape index (κ3) is 2.44. The number of nitrogens with zero attached hydrogens (tertiary/aromatic N) is 4. The predicted octanol–water partition coefficient (Wildman–Crippen LogP) is 1.40. The molecule has 2 heterocycles. The lowest BCUT2D eigenvalue weighted by Crippen LogP contribution is -2.42. The summed E-state index contributed by atoms with van der Waals surface area (Å²) >= 11 is 0. The van der Waals surface area contributed by atoms with Gasteiger partial charge in [0.25, 0.3) is 0 Å². The van der Waals surface area contributed by atoms with E-state index in [2.05, 4.69) is 5.10 Å². The van der Waals surface area contributed by atoms with Crippen LogP contribution < -0.4 is 0 Å². The first kappa shape index (κ1) is 12.0. The molecule has 0 N–H and O–H groups in total. The second kappa shape index (κ2) is 4.79. The third-order valence-electron chi connectivity index (χ3n) is 3.18. The number of likely N-dealkylation sites (tertiary alicyclic amines) is 1. The largest absolute Gasteiger partial charge is 0.307 e. The molecule has 2 atom stereocenters. The second-order valence-electron chi connectivity index (χ2n) is 4.20. The number of rotatable bonds is 3. The van der Waals surface area contributed by atoms with Crippen LogP contribution in [0.25, 0.3) is 0 Å². The van der Waals surface area contributed by atoms with E-state index in [0.29, 0.717) is 13.0 Å². The van der Waals surface area contributed by atoms with Crippen molar-refractivity contribution >= 4 is 5.69 Å². The van der Waals surface area contributed by atoms with Crippen LogP contribution in [0.1, 0.15) is 19.4 Å². The lowest BCUT2D eigenvalue weighted by atomic mass is 10.0. The third-order valence-corrected chi connectivity index (χ3v) is 3.18. The summed E-state index contributed by atoms with van der Waals surface area (Å²) in [7, 11) is 0. The average Bonchev–Trinajstić information content (AvgIpc) is 2.78. The quantitative estimate of drug-likeness (QED) is 0.593. The van der Waals surface area contributed by atoms with Crippen LogP contribution in [0.2, 0.25) is 0 Å². The molecular formula is C10H15FN4O2. The summed E-state index contributed by atoms with van der Waals surface area (Å²) in [5, 5.41) is 14.4. The maximum atomic E-state index is 13.9. The molecule has 2 rings (SSSR count). The van der Waals surface area contributed by atoms with Gasteiger partial charge in [0, 0.05) is 13.1 Å².